The molecular weight excluding hydrogens is 488 g/mol. The Kier molecular flexibility index (Phi) is 6.22. The Balaban J connectivity index is 1.29. The lowest BCUT2D eigenvalue weighted by atomic mass is 10.1. The summed E-state index contributed by atoms with van der Waals surface area (Å²) < 4.78 is 27.8. The van der Waals surface area contributed by atoms with Gasteiger partial charge < -0.3 is 5.32 Å². The molecule has 0 bridgehead atoms. The van der Waals surface area contributed by atoms with E-state index in [1.54, 1.807) is 61.5 Å². The second-order valence-electron chi connectivity index (χ2n) is 8.74. The van der Waals surface area contributed by atoms with Crippen molar-refractivity contribution in [1.82, 2.24) is 5.43 Å². The van der Waals surface area contributed by atoms with Crippen molar-refractivity contribution in [2.45, 2.75) is 25.3 Å². The lowest BCUT2D eigenvalue weighted by molar-refractivity contribution is -0.114. The minimum absolute atomic E-state index is 0.153. The van der Waals surface area contributed by atoms with Gasteiger partial charge in [0.05, 0.1) is 22.8 Å². The fraction of sp³-hybridized carbons (Fsp3) is 0.107. The summed E-state index contributed by atoms with van der Waals surface area (Å²) in [6.07, 6.45) is 0. The molecule has 0 aromatic heterocycles. The standard InChI is InChI=1S/C28H24N4O4S/c1-18(23-8-3-9-24(16-23)29-19(2)33)30-31-28(34)22-14-12-20(13-15-22)17-32-25-10-4-6-21-7-5-11-26(27(21)25)37(32,35)36/h3-16H,17H2,1-2H3,(H,29,33)(H,31,34)/b30-18-. The summed E-state index contributed by atoms with van der Waals surface area (Å²) in [5.41, 5.74) is 6.31. The number of benzene rings is 4. The molecule has 1 aliphatic rings. The number of sulfonamides is 1. The first-order valence-corrected chi connectivity index (χ1v) is 13.0. The lowest BCUT2D eigenvalue weighted by Crippen LogP contribution is -2.26. The predicted octanol–water partition coefficient (Wildman–Crippen LogP) is 4.66. The molecule has 0 spiro atoms. The molecule has 5 rings (SSSR count). The number of hydrogen-bond donors (Lipinski definition) is 2. The molecule has 2 N–H and O–H groups in total. The molecule has 0 atom stereocenters. The minimum atomic E-state index is -3.66. The molecule has 9 heteroatoms. The zero-order chi connectivity index (χ0) is 26.2. The summed E-state index contributed by atoms with van der Waals surface area (Å²) in [4.78, 5) is 24.2. The highest BCUT2D eigenvalue weighted by molar-refractivity contribution is 7.93. The highest BCUT2D eigenvalue weighted by atomic mass is 32.2. The molecule has 0 radical (unpaired) electrons. The van der Waals surface area contributed by atoms with Gasteiger partial charge in [0, 0.05) is 23.6 Å². The van der Waals surface area contributed by atoms with Crippen molar-refractivity contribution in [3.05, 3.63) is 102 Å². The predicted molar refractivity (Wildman–Crippen MR) is 144 cm³/mol. The summed E-state index contributed by atoms with van der Waals surface area (Å²) in [7, 11) is -3.66. The average Bonchev–Trinajstić information content (AvgIpc) is 3.10. The van der Waals surface area contributed by atoms with Gasteiger partial charge in [-0.1, -0.05) is 48.5 Å². The van der Waals surface area contributed by atoms with E-state index in [0.29, 0.717) is 27.5 Å². The van der Waals surface area contributed by atoms with Crippen LogP contribution in [0.4, 0.5) is 11.4 Å². The third-order valence-electron chi connectivity index (χ3n) is 6.15. The third kappa shape index (κ3) is 4.68. The molecule has 186 valence electrons. The second-order valence-corrected chi connectivity index (χ2v) is 10.6. The van der Waals surface area contributed by atoms with E-state index in [1.165, 1.54) is 11.2 Å². The largest absolute Gasteiger partial charge is 0.326 e. The van der Waals surface area contributed by atoms with Crippen molar-refractivity contribution in [2.75, 3.05) is 9.62 Å². The molecule has 8 nitrogen and oxygen atoms in total. The Hall–Kier alpha value is -4.50. The molecule has 0 unspecified atom stereocenters. The molecule has 0 fully saturated rings. The number of amides is 2. The Labute approximate surface area is 214 Å². The van der Waals surface area contributed by atoms with Crippen LogP contribution >= 0.6 is 0 Å². The summed E-state index contributed by atoms with van der Waals surface area (Å²) in [6, 6.07) is 24.8. The molecule has 4 aromatic rings. The smallest absolute Gasteiger partial charge is 0.271 e. The van der Waals surface area contributed by atoms with Gasteiger partial charge >= 0.3 is 0 Å². The molecule has 2 amide bonds. The minimum Gasteiger partial charge on any atom is -0.326 e. The van der Waals surface area contributed by atoms with Gasteiger partial charge in [-0.05, 0) is 59.8 Å². The highest BCUT2D eigenvalue weighted by Crippen LogP contribution is 2.42. The van der Waals surface area contributed by atoms with E-state index in [2.05, 4.69) is 15.8 Å². The van der Waals surface area contributed by atoms with E-state index in [-0.39, 0.29) is 12.5 Å². The van der Waals surface area contributed by atoms with Crippen molar-refractivity contribution >= 4 is 49.7 Å². The fourth-order valence-corrected chi connectivity index (χ4v) is 6.04. The summed E-state index contributed by atoms with van der Waals surface area (Å²) in [6.45, 7) is 3.34. The van der Waals surface area contributed by atoms with Gasteiger partial charge in [0.1, 0.15) is 0 Å². The van der Waals surface area contributed by atoms with E-state index in [0.717, 1.165) is 21.9 Å². The first-order chi connectivity index (χ1) is 17.7. The number of nitrogens with zero attached hydrogens (tertiary/aromatic N) is 2. The molecule has 0 saturated heterocycles. The number of carbonyl (C=O) groups is 2. The number of nitrogens with one attached hydrogen (secondary N) is 2. The lowest BCUT2D eigenvalue weighted by Gasteiger charge is -2.19. The third-order valence-corrected chi connectivity index (χ3v) is 7.95. The highest BCUT2D eigenvalue weighted by Gasteiger charge is 2.35. The summed E-state index contributed by atoms with van der Waals surface area (Å²) >= 11 is 0. The van der Waals surface area contributed by atoms with Gasteiger partial charge in [-0.15, -0.1) is 0 Å². The van der Waals surface area contributed by atoms with Crippen LogP contribution in [0, 0.1) is 0 Å². The molecular formula is C28H24N4O4S. The zero-order valence-electron chi connectivity index (χ0n) is 20.2. The molecule has 4 aromatic carbocycles. The number of rotatable bonds is 6. The van der Waals surface area contributed by atoms with Crippen molar-refractivity contribution in [3.8, 4) is 0 Å². The maximum absolute atomic E-state index is 13.2. The maximum Gasteiger partial charge on any atom is 0.271 e. The average molecular weight is 513 g/mol. The SMILES string of the molecule is CC(=O)Nc1cccc(/C(C)=N\NC(=O)c2ccc(CN3c4cccc5cccc(c45)S3(=O)=O)cc2)c1. The molecule has 0 saturated carbocycles. The van der Waals surface area contributed by atoms with Crippen LogP contribution in [0.1, 0.15) is 35.3 Å². The van der Waals surface area contributed by atoms with Crippen LogP contribution in [0.25, 0.3) is 10.8 Å². The van der Waals surface area contributed by atoms with E-state index < -0.39 is 15.9 Å². The van der Waals surface area contributed by atoms with Crippen LogP contribution in [0.3, 0.4) is 0 Å². The van der Waals surface area contributed by atoms with Crippen LogP contribution in [-0.2, 0) is 21.4 Å². The first kappa shape index (κ1) is 24.2. The monoisotopic (exact) mass is 512 g/mol. The van der Waals surface area contributed by atoms with Gasteiger partial charge in [0.15, 0.2) is 0 Å². The van der Waals surface area contributed by atoms with Crippen LogP contribution < -0.4 is 15.0 Å². The molecule has 37 heavy (non-hydrogen) atoms. The van der Waals surface area contributed by atoms with Crippen LogP contribution in [0.5, 0.6) is 0 Å². The number of anilines is 2. The Morgan fingerprint density at radius 3 is 2.30 bits per heavy atom. The number of hydrogen-bond acceptors (Lipinski definition) is 5. The fourth-order valence-electron chi connectivity index (χ4n) is 4.34. The summed E-state index contributed by atoms with van der Waals surface area (Å²) in [5, 5.41) is 8.51. The van der Waals surface area contributed by atoms with Crippen LogP contribution in [0.2, 0.25) is 0 Å². The Morgan fingerprint density at radius 2 is 1.57 bits per heavy atom. The van der Waals surface area contributed by atoms with Crippen molar-refractivity contribution in [2.24, 2.45) is 5.10 Å². The van der Waals surface area contributed by atoms with E-state index in [4.69, 9.17) is 0 Å². The van der Waals surface area contributed by atoms with E-state index in [9.17, 15) is 18.0 Å². The molecule has 1 aliphatic heterocycles. The Bertz CT molecular complexity index is 1670. The van der Waals surface area contributed by atoms with Gasteiger partial charge in [0.25, 0.3) is 15.9 Å². The second kappa shape index (κ2) is 9.51. The quantitative estimate of drug-likeness (QED) is 0.289. The zero-order valence-corrected chi connectivity index (χ0v) is 21.0. The topological polar surface area (TPSA) is 108 Å². The van der Waals surface area contributed by atoms with Gasteiger partial charge in [-0.3, -0.25) is 13.9 Å². The van der Waals surface area contributed by atoms with E-state index in [1.807, 2.05) is 30.3 Å². The number of carbonyl (C=O) groups excluding carboxylic acids is 2. The van der Waals surface area contributed by atoms with Crippen LogP contribution in [0.15, 0.2) is 94.9 Å². The van der Waals surface area contributed by atoms with Gasteiger partial charge in [-0.25, -0.2) is 13.8 Å². The summed E-state index contributed by atoms with van der Waals surface area (Å²) in [5.74, 6) is -0.567. The molecule has 0 aliphatic carbocycles. The van der Waals surface area contributed by atoms with Gasteiger partial charge in [0.2, 0.25) is 5.91 Å². The van der Waals surface area contributed by atoms with Crippen LogP contribution in [-0.4, -0.2) is 25.9 Å². The first-order valence-electron chi connectivity index (χ1n) is 11.6. The Morgan fingerprint density at radius 1 is 0.865 bits per heavy atom. The van der Waals surface area contributed by atoms with Crippen molar-refractivity contribution < 1.29 is 18.0 Å². The number of hydrazone groups is 1. The molecule has 1 heterocycles. The van der Waals surface area contributed by atoms with E-state index >= 15 is 0 Å². The van der Waals surface area contributed by atoms with Gasteiger partial charge in [-0.2, -0.15) is 5.10 Å². The normalized spacial score (nSPS) is 14.0. The maximum atomic E-state index is 13.2. The van der Waals surface area contributed by atoms with Crippen molar-refractivity contribution in [1.29, 1.82) is 0 Å². The van der Waals surface area contributed by atoms with Crippen molar-refractivity contribution in [3.63, 3.8) is 0 Å².